The summed E-state index contributed by atoms with van der Waals surface area (Å²) < 4.78 is 0. The zero-order valence-corrected chi connectivity index (χ0v) is 8.87. The molecule has 59 valence electrons. The summed E-state index contributed by atoms with van der Waals surface area (Å²) in [4.78, 5) is 0. The maximum Gasteiger partial charge on any atom is 1.00 e. The molecule has 0 aliphatic heterocycles. The number of hydrogen-bond acceptors (Lipinski definition) is 0. The van der Waals surface area contributed by atoms with Crippen LogP contribution in [0, 0.1) is 0 Å². The van der Waals surface area contributed by atoms with E-state index >= 15 is 0 Å². The van der Waals surface area contributed by atoms with E-state index in [-0.39, 0.29) is 38.3 Å². The van der Waals surface area contributed by atoms with Gasteiger partial charge in [-0.25, -0.2) is 24.3 Å². The summed E-state index contributed by atoms with van der Waals surface area (Å²) in [7, 11) is 0. The van der Waals surface area contributed by atoms with Crippen molar-refractivity contribution in [2.24, 2.45) is 0 Å². The molecule has 0 aliphatic carbocycles. The first-order valence-corrected chi connectivity index (χ1v) is 3.33. The second-order valence-electron chi connectivity index (χ2n) is 1.92. The van der Waals surface area contributed by atoms with E-state index in [9.17, 15) is 0 Å². The molecule has 0 atom stereocenters. The SMILES string of the molecule is [Li+].[Ru+].c1cc[cH-]c1.c1cc[cH-]c1. The van der Waals surface area contributed by atoms with Crippen LogP contribution in [0.25, 0.3) is 0 Å². The molecule has 0 saturated heterocycles. The summed E-state index contributed by atoms with van der Waals surface area (Å²) in [5.74, 6) is 0. The first-order chi connectivity index (χ1) is 5.00. The predicted molar refractivity (Wildman–Crippen MR) is 44.1 cm³/mol. The summed E-state index contributed by atoms with van der Waals surface area (Å²) in [6.45, 7) is 0. The molecular weight excluding hydrogens is 228 g/mol. The van der Waals surface area contributed by atoms with Crippen molar-refractivity contribution in [3.05, 3.63) is 60.7 Å². The zero-order valence-electron chi connectivity index (χ0n) is 7.13. The second kappa shape index (κ2) is 10.9. The van der Waals surface area contributed by atoms with Crippen LogP contribution in [0.3, 0.4) is 0 Å². The Balaban J connectivity index is 0. The fourth-order valence-corrected chi connectivity index (χ4v) is 0.642. The zero-order chi connectivity index (χ0) is 7.07. The van der Waals surface area contributed by atoms with Gasteiger partial charge in [-0.15, -0.1) is 0 Å². The normalized spacial score (nSPS) is 6.67. The van der Waals surface area contributed by atoms with Gasteiger partial charge in [-0.2, -0.15) is 36.4 Å². The van der Waals surface area contributed by atoms with Crippen LogP contribution < -0.4 is 18.9 Å². The van der Waals surface area contributed by atoms with Crippen molar-refractivity contribution in [1.29, 1.82) is 0 Å². The van der Waals surface area contributed by atoms with E-state index in [4.69, 9.17) is 0 Å². The minimum atomic E-state index is 0. The number of rotatable bonds is 0. The smallest absolute Gasteiger partial charge is 0.214 e. The minimum absolute atomic E-state index is 0. The Morgan fingerprint density at radius 1 is 0.583 bits per heavy atom. The first-order valence-electron chi connectivity index (χ1n) is 3.33. The standard InChI is InChI=1S/2C5H5.Li.Ru/c2*1-2-4-5-3-1;;/h2*1-5H;;/q2*-1;2*+1. The molecule has 0 bridgehead atoms. The fourth-order valence-electron chi connectivity index (χ4n) is 0.642. The monoisotopic (exact) mass is 239 g/mol. The van der Waals surface area contributed by atoms with Crippen molar-refractivity contribution in [2.45, 2.75) is 0 Å². The predicted octanol–water partition coefficient (Wildman–Crippen LogP) is -0.187. The van der Waals surface area contributed by atoms with Crippen LogP contribution in [0.4, 0.5) is 0 Å². The summed E-state index contributed by atoms with van der Waals surface area (Å²) in [6, 6.07) is 20.0. The van der Waals surface area contributed by atoms with Gasteiger partial charge in [0.25, 0.3) is 0 Å². The van der Waals surface area contributed by atoms with E-state index in [2.05, 4.69) is 0 Å². The maximum absolute atomic E-state index is 2.00. The van der Waals surface area contributed by atoms with Crippen molar-refractivity contribution < 1.29 is 38.3 Å². The molecule has 0 amide bonds. The van der Waals surface area contributed by atoms with Gasteiger partial charge in [-0.3, -0.25) is 0 Å². The fraction of sp³-hybridized carbons (Fsp3) is 0. The Bertz CT molecular complexity index is 149. The largest absolute Gasteiger partial charge is 1.00 e. The average Bonchev–Trinajstić information content (AvgIpc) is 2.67. The van der Waals surface area contributed by atoms with Gasteiger partial charge in [0.15, 0.2) is 0 Å². The summed E-state index contributed by atoms with van der Waals surface area (Å²) in [5.41, 5.74) is 0. The van der Waals surface area contributed by atoms with Gasteiger partial charge in [0, 0.05) is 0 Å². The second-order valence-corrected chi connectivity index (χ2v) is 1.92. The molecule has 0 spiro atoms. The van der Waals surface area contributed by atoms with Gasteiger partial charge in [0.05, 0.1) is 0 Å². The van der Waals surface area contributed by atoms with Crippen molar-refractivity contribution >= 4 is 0 Å². The summed E-state index contributed by atoms with van der Waals surface area (Å²) >= 11 is 0. The van der Waals surface area contributed by atoms with Crippen LogP contribution in [0.1, 0.15) is 0 Å². The Labute approximate surface area is 98.7 Å². The molecule has 0 nitrogen and oxygen atoms in total. The van der Waals surface area contributed by atoms with E-state index < -0.39 is 0 Å². The molecule has 0 unspecified atom stereocenters. The van der Waals surface area contributed by atoms with E-state index in [1.165, 1.54) is 0 Å². The van der Waals surface area contributed by atoms with E-state index in [0.717, 1.165) is 0 Å². The molecule has 1 radical (unpaired) electrons. The Morgan fingerprint density at radius 2 is 0.833 bits per heavy atom. The molecule has 12 heavy (non-hydrogen) atoms. The third-order valence-corrected chi connectivity index (χ3v) is 1.11. The van der Waals surface area contributed by atoms with E-state index in [1.807, 2.05) is 60.7 Å². The van der Waals surface area contributed by atoms with Gasteiger partial charge < -0.3 is 0 Å². The van der Waals surface area contributed by atoms with Gasteiger partial charge in [-0.05, 0) is 0 Å². The van der Waals surface area contributed by atoms with Crippen molar-refractivity contribution in [3.63, 3.8) is 0 Å². The Morgan fingerprint density at radius 3 is 0.917 bits per heavy atom. The van der Waals surface area contributed by atoms with Crippen molar-refractivity contribution in [2.75, 3.05) is 0 Å². The minimum Gasteiger partial charge on any atom is -0.214 e. The molecule has 0 aliphatic rings. The van der Waals surface area contributed by atoms with Crippen molar-refractivity contribution in [1.82, 2.24) is 0 Å². The van der Waals surface area contributed by atoms with Crippen LogP contribution in [-0.2, 0) is 19.5 Å². The van der Waals surface area contributed by atoms with Crippen LogP contribution in [0.15, 0.2) is 60.7 Å². The van der Waals surface area contributed by atoms with E-state index in [1.54, 1.807) is 0 Å². The maximum atomic E-state index is 2.00. The van der Waals surface area contributed by atoms with Gasteiger partial charge >= 0.3 is 38.3 Å². The Kier molecular flexibility index (Phi) is 13.1. The van der Waals surface area contributed by atoms with Crippen LogP contribution in [0.2, 0.25) is 0 Å². The molecule has 0 fully saturated rings. The average molecular weight is 238 g/mol. The van der Waals surface area contributed by atoms with Gasteiger partial charge in [0.1, 0.15) is 0 Å². The molecule has 0 saturated carbocycles. The Hall–Kier alpha value is -0.0792. The van der Waals surface area contributed by atoms with Crippen molar-refractivity contribution in [3.8, 4) is 0 Å². The molecule has 2 aromatic carbocycles. The van der Waals surface area contributed by atoms with Crippen LogP contribution in [-0.4, -0.2) is 0 Å². The van der Waals surface area contributed by atoms with Crippen LogP contribution in [0.5, 0.6) is 0 Å². The molecule has 0 aromatic heterocycles. The van der Waals surface area contributed by atoms with E-state index in [0.29, 0.717) is 0 Å². The van der Waals surface area contributed by atoms with Gasteiger partial charge in [0.2, 0.25) is 0 Å². The molecule has 2 rings (SSSR count). The third-order valence-electron chi connectivity index (χ3n) is 1.11. The molecule has 2 aromatic rings. The summed E-state index contributed by atoms with van der Waals surface area (Å²) in [6.07, 6.45) is 0. The third kappa shape index (κ3) is 8.02. The topological polar surface area (TPSA) is 0 Å². The summed E-state index contributed by atoms with van der Waals surface area (Å²) in [5, 5.41) is 0. The van der Waals surface area contributed by atoms with Gasteiger partial charge in [-0.1, -0.05) is 0 Å². The molecule has 2 heteroatoms. The molecule has 0 heterocycles. The quantitative estimate of drug-likeness (QED) is 0.441. The number of hydrogen-bond donors (Lipinski definition) is 0. The first kappa shape index (κ1) is 14.4. The molecule has 0 N–H and O–H groups in total. The van der Waals surface area contributed by atoms with Crippen LogP contribution >= 0.6 is 0 Å². The molecular formula is C10H10LiRu.